The number of piperidine rings is 1. The monoisotopic (exact) mass is 191 g/mol. The molecule has 0 saturated carbocycles. The van der Waals surface area contributed by atoms with Gasteiger partial charge in [0.2, 0.25) is 0 Å². The van der Waals surface area contributed by atoms with Crippen molar-refractivity contribution in [3.8, 4) is 0 Å². The van der Waals surface area contributed by atoms with Crippen LogP contribution in [0.15, 0.2) is 29.2 Å². The fourth-order valence-electron chi connectivity index (χ4n) is 2.30. The summed E-state index contributed by atoms with van der Waals surface area (Å²) in [5.74, 6) is 0. The molecule has 2 heterocycles. The Labute approximate surface area is 82.9 Å². The van der Waals surface area contributed by atoms with Crippen LogP contribution in [0.1, 0.15) is 24.4 Å². The van der Waals surface area contributed by atoms with Crippen LogP contribution in [0.4, 0.5) is 0 Å². The first kappa shape index (κ1) is 7.89. The standard InChI is InChI=1S/C11H13NS/c1-2-5-9-8(4-1)11-10(13-9)6-3-7-12-11/h1-2,4-5,10-12H,3,6-7H2. The van der Waals surface area contributed by atoms with Gasteiger partial charge in [0.15, 0.2) is 0 Å². The van der Waals surface area contributed by atoms with Gasteiger partial charge in [-0.25, -0.2) is 0 Å². The van der Waals surface area contributed by atoms with Gasteiger partial charge in [-0.3, -0.25) is 0 Å². The second-order valence-corrected chi connectivity index (χ2v) is 5.05. The van der Waals surface area contributed by atoms with Crippen LogP contribution in [0.2, 0.25) is 0 Å². The number of rotatable bonds is 0. The quantitative estimate of drug-likeness (QED) is 0.676. The van der Waals surface area contributed by atoms with E-state index in [1.807, 2.05) is 0 Å². The topological polar surface area (TPSA) is 12.0 Å². The maximum absolute atomic E-state index is 3.62. The van der Waals surface area contributed by atoms with Crippen LogP contribution >= 0.6 is 11.8 Å². The lowest BCUT2D eigenvalue weighted by Gasteiger charge is -2.26. The summed E-state index contributed by atoms with van der Waals surface area (Å²) < 4.78 is 0. The molecule has 0 bridgehead atoms. The predicted octanol–water partition coefficient (Wildman–Crippen LogP) is 2.59. The first-order valence-electron chi connectivity index (χ1n) is 4.94. The highest BCUT2D eigenvalue weighted by molar-refractivity contribution is 8.00. The summed E-state index contributed by atoms with van der Waals surface area (Å²) in [4.78, 5) is 1.49. The van der Waals surface area contributed by atoms with Gasteiger partial charge >= 0.3 is 0 Å². The smallest absolute Gasteiger partial charge is 0.0455 e. The number of benzene rings is 1. The first-order chi connectivity index (χ1) is 6.45. The van der Waals surface area contributed by atoms with E-state index in [0.717, 1.165) is 5.25 Å². The summed E-state index contributed by atoms with van der Waals surface area (Å²) in [6, 6.07) is 9.45. The van der Waals surface area contributed by atoms with E-state index in [9.17, 15) is 0 Å². The summed E-state index contributed by atoms with van der Waals surface area (Å²) in [5.41, 5.74) is 1.53. The molecule has 0 aliphatic carbocycles. The van der Waals surface area contributed by atoms with Crippen molar-refractivity contribution >= 4 is 11.8 Å². The van der Waals surface area contributed by atoms with Crippen LogP contribution < -0.4 is 5.32 Å². The Bertz CT molecular complexity index is 324. The highest BCUT2D eigenvalue weighted by Crippen LogP contribution is 2.46. The SMILES string of the molecule is c1ccc2c(c1)SC1CCCNC21. The predicted molar refractivity (Wildman–Crippen MR) is 56.1 cm³/mol. The molecule has 0 radical (unpaired) electrons. The Morgan fingerprint density at radius 1 is 1.31 bits per heavy atom. The highest BCUT2D eigenvalue weighted by Gasteiger charge is 2.34. The third-order valence-corrected chi connectivity index (χ3v) is 4.37. The van der Waals surface area contributed by atoms with Crippen LogP contribution in [0.3, 0.4) is 0 Å². The molecule has 0 amide bonds. The molecule has 0 spiro atoms. The van der Waals surface area contributed by atoms with Crippen LogP contribution in [0, 0.1) is 0 Å². The molecule has 13 heavy (non-hydrogen) atoms. The van der Waals surface area contributed by atoms with Crippen LogP contribution in [-0.4, -0.2) is 11.8 Å². The van der Waals surface area contributed by atoms with Crippen molar-refractivity contribution in [1.82, 2.24) is 5.32 Å². The summed E-state index contributed by atoms with van der Waals surface area (Å²) in [6.07, 6.45) is 2.71. The molecule has 68 valence electrons. The minimum atomic E-state index is 0.634. The molecule has 2 aliphatic heterocycles. The van der Waals surface area contributed by atoms with E-state index in [1.54, 1.807) is 0 Å². The second kappa shape index (κ2) is 3.03. The number of hydrogen-bond donors (Lipinski definition) is 1. The van der Waals surface area contributed by atoms with Gasteiger partial charge in [0.25, 0.3) is 0 Å². The number of thioether (sulfide) groups is 1. The lowest BCUT2D eigenvalue weighted by atomic mass is 9.98. The average Bonchev–Trinajstić information content (AvgIpc) is 2.56. The molecule has 2 heteroatoms. The molecule has 1 fully saturated rings. The molecule has 1 N–H and O–H groups in total. The van der Waals surface area contributed by atoms with Crippen LogP contribution in [0.5, 0.6) is 0 Å². The molecule has 1 saturated heterocycles. The first-order valence-corrected chi connectivity index (χ1v) is 5.82. The minimum absolute atomic E-state index is 0.634. The van der Waals surface area contributed by atoms with Crippen molar-refractivity contribution in [2.24, 2.45) is 0 Å². The fraction of sp³-hybridized carbons (Fsp3) is 0.455. The van der Waals surface area contributed by atoms with Gasteiger partial charge in [-0.15, -0.1) is 11.8 Å². The molecular weight excluding hydrogens is 178 g/mol. The number of nitrogens with one attached hydrogen (secondary N) is 1. The van der Waals surface area contributed by atoms with E-state index in [-0.39, 0.29) is 0 Å². The Kier molecular flexibility index (Phi) is 1.84. The van der Waals surface area contributed by atoms with E-state index in [0.29, 0.717) is 6.04 Å². The van der Waals surface area contributed by atoms with Crippen molar-refractivity contribution in [3.63, 3.8) is 0 Å². The van der Waals surface area contributed by atoms with Gasteiger partial charge in [0.05, 0.1) is 0 Å². The number of fused-ring (bicyclic) bond motifs is 3. The van der Waals surface area contributed by atoms with Crippen molar-refractivity contribution in [1.29, 1.82) is 0 Å². The molecule has 1 aromatic rings. The van der Waals surface area contributed by atoms with E-state index in [2.05, 4.69) is 41.3 Å². The molecular formula is C11H13NS. The highest BCUT2D eigenvalue weighted by atomic mass is 32.2. The maximum Gasteiger partial charge on any atom is 0.0455 e. The zero-order chi connectivity index (χ0) is 8.67. The third-order valence-electron chi connectivity index (χ3n) is 2.93. The summed E-state index contributed by atoms with van der Waals surface area (Å²) in [6.45, 7) is 1.19. The second-order valence-electron chi connectivity index (χ2n) is 3.77. The zero-order valence-corrected chi connectivity index (χ0v) is 8.31. The summed E-state index contributed by atoms with van der Waals surface area (Å²) in [5, 5.41) is 4.41. The fourth-order valence-corrected chi connectivity index (χ4v) is 3.78. The molecule has 2 unspecified atom stereocenters. The molecule has 3 rings (SSSR count). The van der Waals surface area contributed by atoms with Crippen LogP contribution in [-0.2, 0) is 0 Å². The Morgan fingerprint density at radius 2 is 2.23 bits per heavy atom. The van der Waals surface area contributed by atoms with E-state index in [4.69, 9.17) is 0 Å². The van der Waals surface area contributed by atoms with Gasteiger partial charge in [0.1, 0.15) is 0 Å². The van der Waals surface area contributed by atoms with Gasteiger partial charge in [-0.05, 0) is 31.0 Å². The molecule has 1 aromatic carbocycles. The summed E-state index contributed by atoms with van der Waals surface area (Å²) >= 11 is 2.06. The van der Waals surface area contributed by atoms with Gasteiger partial charge in [-0.2, -0.15) is 0 Å². The lowest BCUT2D eigenvalue weighted by Crippen LogP contribution is -2.33. The molecule has 2 atom stereocenters. The van der Waals surface area contributed by atoms with Gasteiger partial charge in [-0.1, -0.05) is 18.2 Å². The molecule has 0 aromatic heterocycles. The Balaban J connectivity index is 2.01. The van der Waals surface area contributed by atoms with Crippen molar-refractivity contribution in [3.05, 3.63) is 29.8 Å². The van der Waals surface area contributed by atoms with Gasteiger partial charge in [0, 0.05) is 16.2 Å². The maximum atomic E-state index is 3.62. The normalized spacial score (nSPS) is 31.1. The van der Waals surface area contributed by atoms with E-state index < -0.39 is 0 Å². The van der Waals surface area contributed by atoms with Crippen molar-refractivity contribution in [2.75, 3.05) is 6.54 Å². The number of hydrogen-bond acceptors (Lipinski definition) is 2. The van der Waals surface area contributed by atoms with Crippen molar-refractivity contribution in [2.45, 2.75) is 29.0 Å². The zero-order valence-electron chi connectivity index (χ0n) is 7.49. The van der Waals surface area contributed by atoms with E-state index >= 15 is 0 Å². The summed E-state index contributed by atoms with van der Waals surface area (Å²) in [7, 11) is 0. The third kappa shape index (κ3) is 1.20. The largest absolute Gasteiger partial charge is 0.309 e. The average molecular weight is 191 g/mol. The minimum Gasteiger partial charge on any atom is -0.309 e. The Morgan fingerprint density at radius 3 is 3.23 bits per heavy atom. The lowest BCUT2D eigenvalue weighted by molar-refractivity contribution is 0.429. The van der Waals surface area contributed by atoms with E-state index in [1.165, 1.54) is 29.8 Å². The molecule has 2 aliphatic rings. The molecule has 1 nitrogen and oxygen atoms in total. The van der Waals surface area contributed by atoms with Crippen molar-refractivity contribution < 1.29 is 0 Å². The Hall–Kier alpha value is -0.470. The van der Waals surface area contributed by atoms with Crippen LogP contribution in [0.25, 0.3) is 0 Å². The van der Waals surface area contributed by atoms with Gasteiger partial charge < -0.3 is 5.32 Å².